The molecule has 3 aromatic rings. The van der Waals surface area contributed by atoms with Gasteiger partial charge in [-0.15, -0.1) is 0 Å². The van der Waals surface area contributed by atoms with E-state index in [9.17, 15) is 0 Å². The van der Waals surface area contributed by atoms with Crippen LogP contribution in [-0.4, -0.2) is 34.7 Å². The standard InChI is InChI=1S/C24H31N3O/c1-24(2,3)19-7-5-18(6-8-19)16-26-13-11-20(12-14-26)27-17-25-22-15-21(28-4)9-10-23(22)27/h5-10,15,17,20H,11-14,16H2,1-4H3. The lowest BCUT2D eigenvalue weighted by molar-refractivity contribution is 0.181. The monoisotopic (exact) mass is 377 g/mol. The number of benzene rings is 2. The van der Waals surface area contributed by atoms with Gasteiger partial charge in [-0.1, -0.05) is 45.0 Å². The summed E-state index contributed by atoms with van der Waals surface area (Å²) in [6.07, 6.45) is 4.32. The summed E-state index contributed by atoms with van der Waals surface area (Å²) in [6.45, 7) is 10.1. The first-order chi connectivity index (χ1) is 13.4. The van der Waals surface area contributed by atoms with Gasteiger partial charge in [-0.05, 0) is 41.5 Å². The Morgan fingerprint density at radius 2 is 1.75 bits per heavy atom. The summed E-state index contributed by atoms with van der Waals surface area (Å²) >= 11 is 0. The van der Waals surface area contributed by atoms with E-state index < -0.39 is 0 Å². The number of fused-ring (bicyclic) bond motifs is 1. The maximum absolute atomic E-state index is 5.32. The summed E-state index contributed by atoms with van der Waals surface area (Å²) in [5, 5.41) is 0. The number of methoxy groups -OCH3 is 1. The van der Waals surface area contributed by atoms with Gasteiger partial charge in [0.15, 0.2) is 0 Å². The van der Waals surface area contributed by atoms with Crippen LogP contribution in [0.3, 0.4) is 0 Å². The predicted molar refractivity (Wildman–Crippen MR) is 115 cm³/mol. The zero-order valence-corrected chi connectivity index (χ0v) is 17.5. The maximum atomic E-state index is 5.32. The van der Waals surface area contributed by atoms with Gasteiger partial charge >= 0.3 is 0 Å². The van der Waals surface area contributed by atoms with E-state index in [0.29, 0.717) is 6.04 Å². The Labute approximate surface area is 168 Å². The summed E-state index contributed by atoms with van der Waals surface area (Å²) in [6, 6.07) is 15.9. The van der Waals surface area contributed by atoms with Crippen molar-refractivity contribution in [2.75, 3.05) is 20.2 Å². The Kier molecular flexibility index (Phi) is 5.15. The number of hydrogen-bond donors (Lipinski definition) is 0. The first kappa shape index (κ1) is 19.0. The Bertz CT molecular complexity index is 929. The van der Waals surface area contributed by atoms with Gasteiger partial charge in [-0.3, -0.25) is 4.90 Å². The highest BCUT2D eigenvalue weighted by molar-refractivity contribution is 5.77. The summed E-state index contributed by atoms with van der Waals surface area (Å²) in [4.78, 5) is 7.16. The maximum Gasteiger partial charge on any atom is 0.121 e. The van der Waals surface area contributed by atoms with Crippen LogP contribution < -0.4 is 4.74 Å². The number of hydrogen-bond acceptors (Lipinski definition) is 3. The van der Waals surface area contributed by atoms with Crippen LogP contribution in [0.1, 0.15) is 50.8 Å². The fourth-order valence-electron chi connectivity index (χ4n) is 4.15. The van der Waals surface area contributed by atoms with Crippen molar-refractivity contribution in [2.24, 2.45) is 0 Å². The molecule has 0 N–H and O–H groups in total. The third kappa shape index (κ3) is 3.93. The fraction of sp³-hybridized carbons (Fsp3) is 0.458. The normalized spacial score (nSPS) is 16.6. The van der Waals surface area contributed by atoms with E-state index in [1.165, 1.54) is 16.6 Å². The van der Waals surface area contributed by atoms with Crippen LogP contribution >= 0.6 is 0 Å². The molecule has 1 saturated heterocycles. The van der Waals surface area contributed by atoms with Gasteiger partial charge in [-0.2, -0.15) is 0 Å². The Morgan fingerprint density at radius 1 is 1.04 bits per heavy atom. The second-order valence-electron chi connectivity index (χ2n) is 8.96. The third-order valence-electron chi connectivity index (χ3n) is 5.96. The van der Waals surface area contributed by atoms with E-state index in [-0.39, 0.29) is 5.41 Å². The molecule has 0 amide bonds. The smallest absolute Gasteiger partial charge is 0.121 e. The van der Waals surface area contributed by atoms with Crippen LogP contribution in [-0.2, 0) is 12.0 Å². The molecule has 0 radical (unpaired) electrons. The van der Waals surface area contributed by atoms with Crippen molar-refractivity contribution in [3.8, 4) is 5.75 Å². The molecule has 4 rings (SSSR count). The van der Waals surface area contributed by atoms with Crippen molar-refractivity contribution < 1.29 is 4.74 Å². The molecule has 28 heavy (non-hydrogen) atoms. The Balaban J connectivity index is 1.38. The number of nitrogens with zero attached hydrogens (tertiary/aromatic N) is 3. The molecule has 0 bridgehead atoms. The van der Waals surface area contributed by atoms with Gasteiger partial charge in [0, 0.05) is 31.7 Å². The Morgan fingerprint density at radius 3 is 2.39 bits per heavy atom. The zero-order valence-electron chi connectivity index (χ0n) is 17.5. The highest BCUT2D eigenvalue weighted by Gasteiger charge is 2.22. The number of aromatic nitrogens is 2. The first-order valence-corrected chi connectivity index (χ1v) is 10.3. The molecule has 0 unspecified atom stereocenters. The number of piperidine rings is 1. The topological polar surface area (TPSA) is 30.3 Å². The highest BCUT2D eigenvalue weighted by Crippen LogP contribution is 2.29. The largest absolute Gasteiger partial charge is 0.497 e. The summed E-state index contributed by atoms with van der Waals surface area (Å²) in [5.41, 5.74) is 5.25. The zero-order chi connectivity index (χ0) is 19.7. The van der Waals surface area contributed by atoms with E-state index in [0.717, 1.165) is 43.7 Å². The first-order valence-electron chi connectivity index (χ1n) is 10.3. The number of imidazole rings is 1. The molecule has 4 heteroatoms. The minimum atomic E-state index is 0.217. The second-order valence-corrected chi connectivity index (χ2v) is 8.96. The average Bonchev–Trinajstić information content (AvgIpc) is 3.11. The lowest BCUT2D eigenvalue weighted by Crippen LogP contribution is -2.34. The van der Waals surface area contributed by atoms with Crippen LogP contribution in [0, 0.1) is 0 Å². The average molecular weight is 378 g/mol. The van der Waals surface area contributed by atoms with Crippen LogP contribution in [0.4, 0.5) is 0 Å². The SMILES string of the molecule is COc1ccc2c(c1)ncn2C1CCN(Cc2ccc(C(C)(C)C)cc2)CC1. The van der Waals surface area contributed by atoms with Crippen LogP contribution in [0.5, 0.6) is 5.75 Å². The molecule has 0 spiro atoms. The Hall–Kier alpha value is -2.33. The molecule has 4 nitrogen and oxygen atoms in total. The van der Waals surface area contributed by atoms with Gasteiger partial charge in [0.25, 0.3) is 0 Å². The van der Waals surface area contributed by atoms with Gasteiger partial charge in [0.05, 0.1) is 24.5 Å². The summed E-state index contributed by atoms with van der Waals surface area (Å²) in [5.74, 6) is 0.866. The molecule has 1 aromatic heterocycles. The number of rotatable bonds is 4. The number of ether oxygens (including phenoxy) is 1. The van der Waals surface area contributed by atoms with Gasteiger partial charge < -0.3 is 9.30 Å². The van der Waals surface area contributed by atoms with E-state index in [2.05, 4.69) is 65.6 Å². The molecular formula is C24H31N3O. The van der Waals surface area contributed by atoms with E-state index in [1.807, 2.05) is 18.5 Å². The fourth-order valence-corrected chi connectivity index (χ4v) is 4.15. The molecule has 1 fully saturated rings. The van der Waals surface area contributed by atoms with Crippen molar-refractivity contribution in [1.82, 2.24) is 14.5 Å². The molecule has 1 aliphatic rings. The predicted octanol–water partition coefficient (Wildman–Crippen LogP) is 5.18. The van der Waals surface area contributed by atoms with Crippen LogP contribution in [0.15, 0.2) is 48.8 Å². The van der Waals surface area contributed by atoms with Crippen LogP contribution in [0.2, 0.25) is 0 Å². The lowest BCUT2D eigenvalue weighted by Gasteiger charge is -2.33. The molecule has 0 aliphatic carbocycles. The summed E-state index contributed by atoms with van der Waals surface area (Å²) in [7, 11) is 1.70. The quantitative estimate of drug-likeness (QED) is 0.628. The minimum Gasteiger partial charge on any atom is -0.497 e. The van der Waals surface area contributed by atoms with Crippen molar-refractivity contribution in [1.29, 1.82) is 0 Å². The van der Waals surface area contributed by atoms with Crippen molar-refractivity contribution in [2.45, 2.75) is 51.6 Å². The summed E-state index contributed by atoms with van der Waals surface area (Å²) < 4.78 is 7.67. The molecule has 0 atom stereocenters. The molecule has 0 saturated carbocycles. The van der Waals surface area contributed by atoms with E-state index in [1.54, 1.807) is 7.11 Å². The van der Waals surface area contributed by atoms with E-state index >= 15 is 0 Å². The molecule has 148 valence electrons. The minimum absolute atomic E-state index is 0.217. The van der Waals surface area contributed by atoms with Crippen molar-refractivity contribution >= 4 is 11.0 Å². The second kappa shape index (κ2) is 7.59. The van der Waals surface area contributed by atoms with Crippen LogP contribution in [0.25, 0.3) is 11.0 Å². The molecular weight excluding hydrogens is 346 g/mol. The van der Waals surface area contributed by atoms with Gasteiger partial charge in [0.2, 0.25) is 0 Å². The van der Waals surface area contributed by atoms with Crippen molar-refractivity contribution in [3.63, 3.8) is 0 Å². The highest BCUT2D eigenvalue weighted by atomic mass is 16.5. The molecule has 2 aromatic carbocycles. The van der Waals surface area contributed by atoms with Crippen molar-refractivity contribution in [3.05, 3.63) is 59.9 Å². The number of likely N-dealkylation sites (tertiary alicyclic amines) is 1. The van der Waals surface area contributed by atoms with Gasteiger partial charge in [-0.25, -0.2) is 4.98 Å². The third-order valence-corrected chi connectivity index (χ3v) is 5.96. The lowest BCUT2D eigenvalue weighted by atomic mass is 9.86. The molecule has 2 heterocycles. The van der Waals surface area contributed by atoms with Gasteiger partial charge in [0.1, 0.15) is 5.75 Å². The van der Waals surface area contributed by atoms with E-state index in [4.69, 9.17) is 4.74 Å². The molecule has 1 aliphatic heterocycles.